The molecule has 1 aromatic heterocycles. The number of carbonyl (C=O) groups is 1. The second-order valence-corrected chi connectivity index (χ2v) is 6.39. The number of hydrogen-bond donors (Lipinski definition) is 1. The highest BCUT2D eigenvalue weighted by molar-refractivity contribution is 6.06. The van der Waals surface area contributed by atoms with E-state index in [1.807, 2.05) is 0 Å². The van der Waals surface area contributed by atoms with Crippen LogP contribution in [0.3, 0.4) is 0 Å². The van der Waals surface area contributed by atoms with Crippen LogP contribution in [0.15, 0.2) is 28.7 Å². The van der Waals surface area contributed by atoms with Gasteiger partial charge in [0.1, 0.15) is 16.6 Å². The quantitative estimate of drug-likeness (QED) is 0.224. The van der Waals surface area contributed by atoms with Crippen LogP contribution in [0.25, 0.3) is 22.6 Å². The van der Waals surface area contributed by atoms with Gasteiger partial charge in [-0.05, 0) is 12.1 Å². The van der Waals surface area contributed by atoms with Crippen LogP contribution in [-0.4, -0.2) is 10.9 Å². The predicted octanol–water partition coefficient (Wildman–Crippen LogP) is 6.00. The molecule has 1 heterocycles. The fraction of sp³-hybridized carbons (Fsp3) is 0. The number of benzene rings is 3. The Labute approximate surface area is 176 Å². The average Bonchev–Trinajstić information content (AvgIpc) is 3.22. The zero-order chi connectivity index (χ0) is 24.2. The average molecular weight is 476 g/mol. The minimum Gasteiger partial charge on any atom is -0.436 e. The minimum absolute atomic E-state index is 0.0333. The van der Waals surface area contributed by atoms with Gasteiger partial charge in [-0.3, -0.25) is 4.79 Å². The van der Waals surface area contributed by atoms with Crippen molar-refractivity contribution in [3.63, 3.8) is 0 Å². The van der Waals surface area contributed by atoms with Crippen LogP contribution in [0.2, 0.25) is 0 Å². The number of anilines is 1. The Hall–Kier alpha value is -4.03. The molecule has 0 aliphatic carbocycles. The highest BCUT2D eigenvalue weighted by atomic mass is 19.2. The highest BCUT2D eigenvalue weighted by Gasteiger charge is 2.34. The summed E-state index contributed by atoms with van der Waals surface area (Å²) in [5, 5.41) is 1.31. The van der Waals surface area contributed by atoms with Crippen LogP contribution in [0.5, 0.6) is 0 Å². The van der Waals surface area contributed by atoms with E-state index in [4.69, 9.17) is 4.42 Å². The van der Waals surface area contributed by atoms with E-state index in [1.54, 1.807) is 0 Å². The summed E-state index contributed by atoms with van der Waals surface area (Å²) in [6, 6.07) is 5.56. The molecule has 33 heavy (non-hydrogen) atoms. The van der Waals surface area contributed by atoms with Crippen LogP contribution in [0, 0.1) is 52.4 Å². The maximum atomic E-state index is 14.6. The minimum atomic E-state index is -2.59. The summed E-state index contributed by atoms with van der Waals surface area (Å²) in [4.78, 5) is 16.0. The summed E-state index contributed by atoms with van der Waals surface area (Å²) in [7, 11) is 0. The third kappa shape index (κ3) is 3.36. The van der Waals surface area contributed by atoms with Crippen molar-refractivity contribution in [2.24, 2.45) is 0 Å². The molecular formula is C20H5F9N2O2. The molecule has 0 saturated heterocycles. The lowest BCUT2D eigenvalue weighted by Gasteiger charge is -2.14. The van der Waals surface area contributed by atoms with Crippen molar-refractivity contribution >= 4 is 22.7 Å². The lowest BCUT2D eigenvalue weighted by Crippen LogP contribution is -2.21. The van der Waals surface area contributed by atoms with Crippen LogP contribution >= 0.6 is 0 Å². The molecule has 0 fully saturated rings. The first-order chi connectivity index (χ1) is 15.5. The second-order valence-electron chi connectivity index (χ2n) is 6.39. The number of oxazole rings is 1. The zero-order valence-electron chi connectivity index (χ0n) is 15.5. The van der Waals surface area contributed by atoms with Gasteiger partial charge in [0.15, 0.2) is 52.1 Å². The summed E-state index contributed by atoms with van der Waals surface area (Å²) in [5.74, 6) is -25.0. The molecule has 0 atom stereocenters. The fourth-order valence-corrected chi connectivity index (χ4v) is 2.91. The molecule has 0 bridgehead atoms. The third-order valence-electron chi connectivity index (χ3n) is 4.45. The maximum Gasteiger partial charge on any atom is 0.261 e. The van der Waals surface area contributed by atoms with Gasteiger partial charge in [0.25, 0.3) is 5.91 Å². The van der Waals surface area contributed by atoms with E-state index in [9.17, 15) is 44.3 Å². The number of nitrogens with zero attached hydrogens (tertiary/aromatic N) is 1. The molecule has 170 valence electrons. The van der Waals surface area contributed by atoms with E-state index in [-0.39, 0.29) is 11.1 Å². The van der Waals surface area contributed by atoms with Gasteiger partial charge >= 0.3 is 0 Å². The molecule has 1 amide bonds. The van der Waals surface area contributed by atoms with Crippen molar-refractivity contribution in [3.8, 4) is 11.5 Å². The first-order valence-electron chi connectivity index (χ1n) is 8.59. The number of rotatable bonds is 3. The van der Waals surface area contributed by atoms with Crippen molar-refractivity contribution in [3.05, 3.63) is 82.2 Å². The fourth-order valence-electron chi connectivity index (χ4n) is 2.91. The normalized spacial score (nSPS) is 11.3. The van der Waals surface area contributed by atoms with E-state index < -0.39 is 81.0 Å². The van der Waals surface area contributed by atoms with E-state index in [2.05, 4.69) is 4.98 Å². The number of fused-ring (bicyclic) bond motifs is 1. The standard InChI is InChI=1S/C20H5F9N2O2/c21-9-7(10(22)13(25)15(27)12(9)24)19(32)31-18-8(11(23)14(26)16(28)17(18)29)20-30-5-3-1-2-4-6(5)33-20/h1-4H,(H,31,32). The van der Waals surface area contributed by atoms with Gasteiger partial charge in [0.2, 0.25) is 11.7 Å². The Morgan fingerprint density at radius 1 is 0.697 bits per heavy atom. The SMILES string of the molecule is O=C(Nc1c(F)c(F)c(F)c(F)c1-c1nc2ccccc2o1)c1c(F)c(F)c(F)c(F)c1F. The first-order valence-corrected chi connectivity index (χ1v) is 8.59. The second kappa shape index (κ2) is 7.83. The third-order valence-corrected chi connectivity index (χ3v) is 4.45. The Bertz CT molecular complexity index is 1400. The van der Waals surface area contributed by atoms with Crippen molar-refractivity contribution in [1.29, 1.82) is 0 Å². The maximum absolute atomic E-state index is 14.6. The van der Waals surface area contributed by atoms with E-state index in [0.717, 1.165) is 0 Å². The molecule has 0 aliphatic heterocycles. The molecule has 0 spiro atoms. The Balaban J connectivity index is 1.93. The van der Waals surface area contributed by atoms with Crippen molar-refractivity contribution < 1.29 is 48.7 Å². The molecule has 0 radical (unpaired) electrons. The zero-order valence-corrected chi connectivity index (χ0v) is 15.5. The summed E-state index contributed by atoms with van der Waals surface area (Å²) in [6.07, 6.45) is 0. The molecule has 4 rings (SSSR count). The van der Waals surface area contributed by atoms with Crippen LogP contribution in [0.4, 0.5) is 45.2 Å². The molecule has 0 saturated carbocycles. The van der Waals surface area contributed by atoms with E-state index in [0.29, 0.717) is 0 Å². The Morgan fingerprint density at radius 2 is 1.21 bits per heavy atom. The van der Waals surface area contributed by atoms with Gasteiger partial charge in [-0.2, -0.15) is 0 Å². The van der Waals surface area contributed by atoms with Gasteiger partial charge in [-0.15, -0.1) is 0 Å². The van der Waals surface area contributed by atoms with Gasteiger partial charge in [-0.25, -0.2) is 44.5 Å². The molecule has 1 N–H and O–H groups in total. The molecule has 4 nitrogen and oxygen atoms in total. The largest absolute Gasteiger partial charge is 0.436 e. The number of nitrogens with one attached hydrogen (secondary N) is 1. The van der Waals surface area contributed by atoms with Gasteiger partial charge in [0, 0.05) is 0 Å². The lowest BCUT2D eigenvalue weighted by atomic mass is 10.1. The molecule has 0 aliphatic rings. The molecule has 4 aromatic rings. The first kappa shape index (κ1) is 22.2. The number of para-hydroxylation sites is 2. The lowest BCUT2D eigenvalue weighted by molar-refractivity contribution is 0.101. The summed E-state index contributed by atoms with van der Waals surface area (Å²) in [6.45, 7) is 0. The number of aromatic nitrogens is 1. The molecule has 3 aromatic carbocycles. The Kier molecular flexibility index (Phi) is 5.26. The molecule has 0 unspecified atom stereocenters. The number of amides is 1. The van der Waals surface area contributed by atoms with Gasteiger partial charge < -0.3 is 9.73 Å². The van der Waals surface area contributed by atoms with Gasteiger partial charge in [-0.1, -0.05) is 12.1 Å². The molecular weight excluding hydrogens is 471 g/mol. The van der Waals surface area contributed by atoms with E-state index >= 15 is 0 Å². The van der Waals surface area contributed by atoms with Crippen LogP contribution in [-0.2, 0) is 0 Å². The summed E-state index contributed by atoms with van der Waals surface area (Å²) >= 11 is 0. The van der Waals surface area contributed by atoms with Crippen LogP contribution in [0.1, 0.15) is 10.4 Å². The summed E-state index contributed by atoms with van der Waals surface area (Å²) < 4.78 is 130. The molecule has 13 heteroatoms. The number of halogens is 9. The van der Waals surface area contributed by atoms with Crippen molar-refractivity contribution in [2.45, 2.75) is 0 Å². The summed E-state index contributed by atoms with van der Waals surface area (Å²) in [5.41, 5.74) is -4.96. The highest BCUT2D eigenvalue weighted by Crippen LogP contribution is 2.38. The monoisotopic (exact) mass is 476 g/mol. The number of hydrogen-bond acceptors (Lipinski definition) is 3. The predicted molar refractivity (Wildman–Crippen MR) is 93.5 cm³/mol. The Morgan fingerprint density at radius 3 is 1.82 bits per heavy atom. The topological polar surface area (TPSA) is 55.1 Å². The number of carbonyl (C=O) groups excluding carboxylic acids is 1. The van der Waals surface area contributed by atoms with Crippen molar-refractivity contribution in [2.75, 3.05) is 5.32 Å². The van der Waals surface area contributed by atoms with Gasteiger partial charge in [0.05, 0.1) is 5.69 Å². The smallest absolute Gasteiger partial charge is 0.261 e. The van der Waals surface area contributed by atoms with Crippen LogP contribution < -0.4 is 5.32 Å². The van der Waals surface area contributed by atoms with Crippen molar-refractivity contribution in [1.82, 2.24) is 4.98 Å². The van der Waals surface area contributed by atoms with E-state index in [1.165, 1.54) is 29.6 Å².